The van der Waals surface area contributed by atoms with Crippen molar-refractivity contribution in [1.29, 1.82) is 5.26 Å². The van der Waals surface area contributed by atoms with Crippen LogP contribution < -0.4 is 0 Å². The lowest BCUT2D eigenvalue weighted by atomic mass is 10.1. The number of nitriles is 1. The fraction of sp³-hybridized carbons (Fsp3) is 0. The number of fused-ring (bicyclic) bond motifs is 7. The van der Waals surface area contributed by atoms with Gasteiger partial charge in [-0.05, 0) is 60.7 Å². The van der Waals surface area contributed by atoms with E-state index >= 15 is 0 Å². The maximum absolute atomic E-state index is 9.97. The molecule has 10 rings (SSSR count). The van der Waals surface area contributed by atoms with Crippen LogP contribution >= 0.6 is 0 Å². The topological polar surface area (TPSA) is 59.4 Å². The van der Waals surface area contributed by atoms with Crippen molar-refractivity contribution >= 4 is 43.6 Å². The molecule has 3 aromatic heterocycles. The smallest absolute Gasteiger partial charge is 0.160 e. The molecule has 10 aromatic rings. The van der Waals surface area contributed by atoms with Crippen LogP contribution in [0.5, 0.6) is 0 Å². The van der Waals surface area contributed by atoms with Gasteiger partial charge in [0.05, 0.1) is 45.1 Å². The van der Waals surface area contributed by atoms with Gasteiger partial charge in [-0.15, -0.1) is 0 Å². The second-order valence-corrected chi connectivity index (χ2v) is 13.0. The van der Waals surface area contributed by atoms with E-state index in [1.54, 1.807) is 0 Å². The number of hydrogen-bond donors (Lipinski definition) is 0. The summed E-state index contributed by atoms with van der Waals surface area (Å²) in [6.45, 7) is 0. The van der Waals surface area contributed by atoms with E-state index in [1.165, 1.54) is 5.39 Å². The predicted molar refractivity (Wildman–Crippen MR) is 212 cm³/mol. The SMILES string of the molecule is N#Cc1ccc2c(c1)c1c(ccc3c4ccccc4n(-c4ccc(-c5cc(-c6ccccc6)nc(-c6ccccc6)n5)cc4)c31)n2-c1ccccc1. The van der Waals surface area contributed by atoms with Crippen LogP contribution in [-0.2, 0) is 0 Å². The van der Waals surface area contributed by atoms with Crippen LogP contribution in [0.15, 0.2) is 176 Å². The molecule has 0 aliphatic carbocycles. The van der Waals surface area contributed by atoms with Crippen molar-refractivity contribution in [2.24, 2.45) is 0 Å². The molecule has 0 radical (unpaired) electrons. The number of nitrogens with zero attached hydrogens (tertiary/aromatic N) is 5. The van der Waals surface area contributed by atoms with Crippen molar-refractivity contribution in [1.82, 2.24) is 19.1 Å². The van der Waals surface area contributed by atoms with Gasteiger partial charge in [-0.25, -0.2) is 9.97 Å². The summed E-state index contributed by atoms with van der Waals surface area (Å²) < 4.78 is 4.68. The number of rotatable bonds is 5. The minimum atomic E-state index is 0.637. The lowest BCUT2D eigenvalue weighted by Gasteiger charge is -2.12. The van der Waals surface area contributed by atoms with Crippen LogP contribution in [0.3, 0.4) is 0 Å². The van der Waals surface area contributed by atoms with Crippen LogP contribution in [0.1, 0.15) is 5.56 Å². The summed E-state index contributed by atoms with van der Waals surface area (Å²) in [6, 6.07) is 63.0. The highest BCUT2D eigenvalue weighted by Crippen LogP contribution is 2.42. The zero-order valence-electron chi connectivity index (χ0n) is 28.0. The van der Waals surface area contributed by atoms with E-state index in [-0.39, 0.29) is 0 Å². The molecule has 0 saturated carbocycles. The molecule has 7 aromatic carbocycles. The van der Waals surface area contributed by atoms with Crippen molar-refractivity contribution in [2.45, 2.75) is 0 Å². The molecule has 52 heavy (non-hydrogen) atoms. The zero-order chi connectivity index (χ0) is 34.6. The Morgan fingerprint density at radius 2 is 1.00 bits per heavy atom. The van der Waals surface area contributed by atoms with E-state index in [4.69, 9.17) is 9.97 Å². The minimum Gasteiger partial charge on any atom is -0.309 e. The van der Waals surface area contributed by atoms with Gasteiger partial charge in [0.15, 0.2) is 5.82 Å². The van der Waals surface area contributed by atoms with Gasteiger partial charge in [0.1, 0.15) is 0 Å². The number of benzene rings is 7. The Hall–Kier alpha value is -7.29. The molecule has 0 aliphatic heterocycles. The first-order valence-corrected chi connectivity index (χ1v) is 17.3. The monoisotopic (exact) mass is 663 g/mol. The summed E-state index contributed by atoms with van der Waals surface area (Å²) in [5.41, 5.74) is 11.9. The van der Waals surface area contributed by atoms with Crippen molar-refractivity contribution in [3.63, 3.8) is 0 Å². The third kappa shape index (κ3) is 4.70. The molecule has 0 bridgehead atoms. The molecule has 0 aliphatic rings. The van der Waals surface area contributed by atoms with Gasteiger partial charge in [-0.2, -0.15) is 5.26 Å². The highest BCUT2D eigenvalue weighted by Gasteiger charge is 2.21. The Morgan fingerprint density at radius 3 is 1.71 bits per heavy atom. The van der Waals surface area contributed by atoms with Crippen molar-refractivity contribution in [3.8, 4) is 51.3 Å². The molecule has 0 N–H and O–H groups in total. The Morgan fingerprint density at radius 1 is 0.423 bits per heavy atom. The molecule has 0 atom stereocenters. The van der Waals surface area contributed by atoms with Crippen molar-refractivity contribution < 1.29 is 0 Å². The van der Waals surface area contributed by atoms with Gasteiger partial charge in [0.25, 0.3) is 0 Å². The van der Waals surface area contributed by atoms with E-state index in [0.717, 1.165) is 77.7 Å². The number of hydrogen-bond acceptors (Lipinski definition) is 3. The lowest BCUT2D eigenvalue weighted by molar-refractivity contribution is 1.17. The first-order chi connectivity index (χ1) is 25.7. The van der Waals surface area contributed by atoms with E-state index in [0.29, 0.717) is 11.4 Å². The molecule has 0 amide bonds. The van der Waals surface area contributed by atoms with Crippen LogP contribution in [0.2, 0.25) is 0 Å². The highest BCUT2D eigenvalue weighted by atomic mass is 15.0. The minimum absolute atomic E-state index is 0.637. The number of para-hydroxylation sites is 2. The molecule has 0 fully saturated rings. The molecular formula is C47H29N5. The van der Waals surface area contributed by atoms with Gasteiger partial charge >= 0.3 is 0 Å². The third-order valence-electron chi connectivity index (χ3n) is 9.95. The molecule has 0 unspecified atom stereocenters. The second kappa shape index (κ2) is 11.9. The molecule has 3 heterocycles. The highest BCUT2D eigenvalue weighted by molar-refractivity contribution is 6.26. The molecule has 0 spiro atoms. The average Bonchev–Trinajstić information content (AvgIpc) is 3.74. The molecule has 5 heteroatoms. The number of aromatic nitrogens is 4. The van der Waals surface area contributed by atoms with Gasteiger partial charge in [-0.3, -0.25) is 0 Å². The molecule has 0 saturated heterocycles. The van der Waals surface area contributed by atoms with Crippen LogP contribution in [0.25, 0.3) is 88.9 Å². The van der Waals surface area contributed by atoms with Gasteiger partial charge in [-0.1, -0.05) is 115 Å². The zero-order valence-corrected chi connectivity index (χ0v) is 28.0. The molecule has 5 nitrogen and oxygen atoms in total. The third-order valence-corrected chi connectivity index (χ3v) is 9.95. The maximum atomic E-state index is 9.97. The van der Waals surface area contributed by atoms with Crippen molar-refractivity contribution in [3.05, 3.63) is 181 Å². The Labute approximate surface area is 299 Å². The largest absolute Gasteiger partial charge is 0.309 e. The maximum Gasteiger partial charge on any atom is 0.160 e. The Kier molecular flexibility index (Phi) is 6.80. The summed E-state index contributed by atoms with van der Waals surface area (Å²) >= 11 is 0. The van der Waals surface area contributed by atoms with E-state index < -0.39 is 0 Å². The summed E-state index contributed by atoms with van der Waals surface area (Å²) in [5.74, 6) is 0.692. The molecule has 242 valence electrons. The van der Waals surface area contributed by atoms with Gasteiger partial charge in [0.2, 0.25) is 0 Å². The van der Waals surface area contributed by atoms with Gasteiger partial charge < -0.3 is 9.13 Å². The van der Waals surface area contributed by atoms with E-state index in [2.05, 4.69) is 124 Å². The second-order valence-electron chi connectivity index (χ2n) is 13.0. The summed E-state index contributed by atoms with van der Waals surface area (Å²) in [6.07, 6.45) is 0. The van der Waals surface area contributed by atoms with Crippen LogP contribution in [0, 0.1) is 11.3 Å². The fourth-order valence-electron chi connectivity index (χ4n) is 7.60. The first kappa shape index (κ1) is 29.6. The van der Waals surface area contributed by atoms with Crippen LogP contribution in [0.4, 0.5) is 0 Å². The quantitative estimate of drug-likeness (QED) is 0.184. The standard InChI is InChI=1S/C47H29N5/c48-30-31-20-26-43-39(28-31)45-44(51(43)35-16-8-3-9-17-35)27-25-38-37-18-10-11-19-42(37)52(46(38)45)36-23-21-33(22-24-36)41-29-40(32-12-4-1-5-13-32)49-47(50-41)34-14-6-2-7-15-34/h1-29H. The first-order valence-electron chi connectivity index (χ1n) is 17.3. The summed E-state index contributed by atoms with van der Waals surface area (Å²) in [4.78, 5) is 10.0. The van der Waals surface area contributed by atoms with E-state index in [1.807, 2.05) is 66.7 Å². The normalized spacial score (nSPS) is 11.4. The molecular weight excluding hydrogens is 635 g/mol. The van der Waals surface area contributed by atoms with Crippen molar-refractivity contribution in [2.75, 3.05) is 0 Å². The summed E-state index contributed by atoms with van der Waals surface area (Å²) in [5, 5.41) is 14.5. The Bertz CT molecular complexity index is 2930. The predicted octanol–water partition coefficient (Wildman–Crippen LogP) is 11.5. The lowest BCUT2D eigenvalue weighted by Crippen LogP contribution is -1.97. The fourth-order valence-corrected chi connectivity index (χ4v) is 7.60. The van der Waals surface area contributed by atoms with Gasteiger partial charge in [0, 0.05) is 49.6 Å². The summed E-state index contributed by atoms with van der Waals surface area (Å²) in [7, 11) is 0. The van der Waals surface area contributed by atoms with Crippen LogP contribution in [-0.4, -0.2) is 19.1 Å². The average molecular weight is 664 g/mol. The Balaban J connectivity index is 1.21. The van der Waals surface area contributed by atoms with E-state index in [9.17, 15) is 5.26 Å².